The predicted molar refractivity (Wildman–Crippen MR) is 107 cm³/mol. The van der Waals surface area contributed by atoms with Gasteiger partial charge < -0.3 is 19.5 Å². The van der Waals surface area contributed by atoms with E-state index in [9.17, 15) is 4.79 Å². The Kier molecular flexibility index (Phi) is 4.95. The first-order valence-electron chi connectivity index (χ1n) is 10.6. The maximum Gasteiger partial charge on any atom is 0.249 e. The standard InChI is InChI=1S/C21H27N5O3/c1-13-11-18(29-25-13)16-12-22-21(24-19(16)14-4-5-14)26-8-6-15(7-9-26)23-20(27)17-3-2-10-28-17/h11-12,14-15,17H,2-10H2,1H3,(H,23,27). The topological polar surface area (TPSA) is 93.4 Å². The van der Waals surface area contributed by atoms with Crippen LogP contribution in [0.1, 0.15) is 55.8 Å². The molecule has 2 saturated heterocycles. The van der Waals surface area contributed by atoms with Gasteiger partial charge in [0.05, 0.1) is 17.0 Å². The SMILES string of the molecule is Cc1cc(-c2cnc(N3CCC(NC(=O)C4CCCO4)CC3)nc2C2CC2)on1. The molecule has 154 valence electrons. The van der Waals surface area contributed by atoms with Gasteiger partial charge in [0.15, 0.2) is 5.76 Å². The van der Waals surface area contributed by atoms with Gasteiger partial charge in [0, 0.05) is 43.9 Å². The van der Waals surface area contributed by atoms with Crippen molar-refractivity contribution >= 4 is 11.9 Å². The molecule has 1 aliphatic carbocycles. The van der Waals surface area contributed by atoms with Gasteiger partial charge >= 0.3 is 0 Å². The molecule has 1 unspecified atom stereocenters. The van der Waals surface area contributed by atoms with Crippen molar-refractivity contribution in [2.24, 2.45) is 0 Å². The van der Waals surface area contributed by atoms with Crippen LogP contribution in [0.4, 0.5) is 5.95 Å². The van der Waals surface area contributed by atoms with Gasteiger partial charge in [-0.1, -0.05) is 5.16 Å². The van der Waals surface area contributed by atoms with Crippen LogP contribution in [0.2, 0.25) is 0 Å². The Hall–Kier alpha value is -2.48. The number of carbonyl (C=O) groups excluding carboxylic acids is 1. The number of rotatable bonds is 5. The third kappa shape index (κ3) is 3.99. The maximum atomic E-state index is 12.3. The Bertz CT molecular complexity index is 880. The van der Waals surface area contributed by atoms with E-state index in [1.165, 1.54) is 0 Å². The summed E-state index contributed by atoms with van der Waals surface area (Å²) in [5, 5.41) is 7.16. The van der Waals surface area contributed by atoms with Crippen LogP contribution in [0.15, 0.2) is 16.8 Å². The molecule has 0 spiro atoms. The van der Waals surface area contributed by atoms with Crippen LogP contribution in [0.25, 0.3) is 11.3 Å². The van der Waals surface area contributed by atoms with Crippen LogP contribution in [-0.2, 0) is 9.53 Å². The summed E-state index contributed by atoms with van der Waals surface area (Å²) < 4.78 is 10.9. The van der Waals surface area contributed by atoms with Crippen LogP contribution in [0.3, 0.4) is 0 Å². The predicted octanol–water partition coefficient (Wildman–Crippen LogP) is 2.58. The molecule has 2 aliphatic heterocycles. The number of piperidine rings is 1. The molecule has 1 atom stereocenters. The highest BCUT2D eigenvalue weighted by Crippen LogP contribution is 2.43. The number of aryl methyl sites for hydroxylation is 1. The highest BCUT2D eigenvalue weighted by Gasteiger charge is 2.32. The summed E-state index contributed by atoms with van der Waals surface area (Å²) in [5.41, 5.74) is 2.88. The molecule has 2 aromatic heterocycles. The van der Waals surface area contributed by atoms with Gasteiger partial charge in [-0.05, 0) is 45.4 Å². The number of aromatic nitrogens is 3. The van der Waals surface area contributed by atoms with Gasteiger partial charge in [-0.2, -0.15) is 0 Å². The highest BCUT2D eigenvalue weighted by molar-refractivity contribution is 5.81. The van der Waals surface area contributed by atoms with Gasteiger partial charge in [-0.3, -0.25) is 4.79 Å². The average Bonchev–Trinajstić information content (AvgIpc) is 3.25. The molecular formula is C21H27N5O3. The number of anilines is 1. The molecule has 3 aliphatic rings. The van der Waals surface area contributed by atoms with Crippen molar-refractivity contribution in [2.45, 2.75) is 63.5 Å². The number of ether oxygens (including phenoxy) is 1. The second-order valence-corrected chi connectivity index (χ2v) is 8.35. The van der Waals surface area contributed by atoms with E-state index in [1.807, 2.05) is 19.2 Å². The summed E-state index contributed by atoms with van der Waals surface area (Å²) in [4.78, 5) is 24.0. The molecule has 0 radical (unpaired) electrons. The van der Waals surface area contributed by atoms with Gasteiger partial charge in [0.25, 0.3) is 0 Å². The number of nitrogens with zero attached hydrogens (tertiary/aromatic N) is 4. The van der Waals surface area contributed by atoms with Crippen molar-refractivity contribution in [3.05, 3.63) is 23.7 Å². The number of amides is 1. The van der Waals surface area contributed by atoms with E-state index in [2.05, 4.69) is 20.4 Å². The van der Waals surface area contributed by atoms with E-state index in [-0.39, 0.29) is 18.1 Å². The smallest absolute Gasteiger partial charge is 0.249 e. The average molecular weight is 397 g/mol. The minimum absolute atomic E-state index is 0.0416. The normalized spacial score (nSPS) is 22.8. The quantitative estimate of drug-likeness (QED) is 0.829. The summed E-state index contributed by atoms with van der Waals surface area (Å²) >= 11 is 0. The zero-order valence-corrected chi connectivity index (χ0v) is 16.8. The van der Waals surface area contributed by atoms with Crippen molar-refractivity contribution in [1.29, 1.82) is 0 Å². The van der Waals surface area contributed by atoms with Crippen LogP contribution in [0.5, 0.6) is 0 Å². The second kappa shape index (κ2) is 7.74. The van der Waals surface area contributed by atoms with Gasteiger partial charge in [-0.25, -0.2) is 9.97 Å². The third-order valence-corrected chi connectivity index (χ3v) is 6.01. The fourth-order valence-corrected chi connectivity index (χ4v) is 4.19. The lowest BCUT2D eigenvalue weighted by Gasteiger charge is -2.33. The summed E-state index contributed by atoms with van der Waals surface area (Å²) in [6.45, 7) is 4.28. The van der Waals surface area contributed by atoms with Crippen molar-refractivity contribution in [3.8, 4) is 11.3 Å². The monoisotopic (exact) mass is 397 g/mol. The summed E-state index contributed by atoms with van der Waals surface area (Å²) in [5.74, 6) is 2.04. The number of hydrogen-bond donors (Lipinski definition) is 1. The molecular weight excluding hydrogens is 370 g/mol. The Morgan fingerprint density at radius 2 is 2.03 bits per heavy atom. The summed E-state index contributed by atoms with van der Waals surface area (Å²) in [6.07, 6.45) is 7.53. The van der Waals surface area contributed by atoms with E-state index in [0.29, 0.717) is 12.5 Å². The molecule has 1 N–H and O–H groups in total. The molecule has 8 nitrogen and oxygen atoms in total. The third-order valence-electron chi connectivity index (χ3n) is 6.01. The highest BCUT2D eigenvalue weighted by atomic mass is 16.5. The Morgan fingerprint density at radius 1 is 1.21 bits per heavy atom. The maximum absolute atomic E-state index is 12.3. The van der Waals surface area contributed by atoms with Crippen molar-refractivity contribution in [1.82, 2.24) is 20.4 Å². The van der Waals surface area contributed by atoms with E-state index in [0.717, 1.165) is 80.3 Å². The Morgan fingerprint density at radius 3 is 2.69 bits per heavy atom. The van der Waals surface area contributed by atoms with Crippen molar-refractivity contribution in [2.75, 3.05) is 24.6 Å². The summed E-state index contributed by atoms with van der Waals surface area (Å²) in [7, 11) is 0. The number of hydrogen-bond acceptors (Lipinski definition) is 7. The zero-order valence-electron chi connectivity index (χ0n) is 16.8. The lowest BCUT2D eigenvalue weighted by Crippen LogP contribution is -2.47. The first-order chi connectivity index (χ1) is 14.2. The first-order valence-corrected chi connectivity index (χ1v) is 10.6. The van der Waals surface area contributed by atoms with Gasteiger partial charge in [0.2, 0.25) is 11.9 Å². The minimum atomic E-state index is -0.260. The molecule has 3 fully saturated rings. The van der Waals surface area contributed by atoms with Crippen LogP contribution in [-0.4, -0.2) is 52.9 Å². The van der Waals surface area contributed by atoms with E-state index < -0.39 is 0 Å². The van der Waals surface area contributed by atoms with Gasteiger partial charge in [0.1, 0.15) is 6.10 Å². The Labute approximate surface area is 170 Å². The van der Waals surface area contributed by atoms with Crippen LogP contribution in [0, 0.1) is 6.92 Å². The largest absolute Gasteiger partial charge is 0.368 e. The molecule has 29 heavy (non-hydrogen) atoms. The zero-order chi connectivity index (χ0) is 19.8. The van der Waals surface area contributed by atoms with E-state index in [4.69, 9.17) is 14.2 Å². The Balaban J connectivity index is 1.25. The molecule has 1 saturated carbocycles. The molecule has 1 amide bonds. The molecule has 2 aromatic rings. The number of nitrogens with one attached hydrogen (secondary N) is 1. The summed E-state index contributed by atoms with van der Waals surface area (Å²) in [6, 6.07) is 2.13. The van der Waals surface area contributed by atoms with Crippen LogP contribution >= 0.6 is 0 Å². The minimum Gasteiger partial charge on any atom is -0.368 e. The van der Waals surface area contributed by atoms with Crippen molar-refractivity contribution < 1.29 is 14.1 Å². The fourth-order valence-electron chi connectivity index (χ4n) is 4.19. The molecule has 8 heteroatoms. The second-order valence-electron chi connectivity index (χ2n) is 8.35. The van der Waals surface area contributed by atoms with Gasteiger partial charge in [-0.15, -0.1) is 0 Å². The lowest BCUT2D eigenvalue weighted by atomic mass is 10.0. The van der Waals surface area contributed by atoms with E-state index >= 15 is 0 Å². The molecule has 0 aromatic carbocycles. The van der Waals surface area contributed by atoms with Crippen molar-refractivity contribution in [3.63, 3.8) is 0 Å². The lowest BCUT2D eigenvalue weighted by molar-refractivity contribution is -0.130. The molecule has 5 rings (SSSR count). The molecule has 4 heterocycles. The first kappa shape index (κ1) is 18.5. The number of carbonyl (C=O) groups is 1. The molecule has 0 bridgehead atoms. The van der Waals surface area contributed by atoms with E-state index in [1.54, 1.807) is 0 Å². The fraction of sp³-hybridized carbons (Fsp3) is 0.619. The van der Waals surface area contributed by atoms with Crippen LogP contribution < -0.4 is 10.2 Å².